The number of aromatic carboxylic acids is 1. The summed E-state index contributed by atoms with van der Waals surface area (Å²) in [6.45, 7) is 3.11. The quantitative estimate of drug-likeness (QED) is 0.862. The normalized spacial score (nSPS) is 17.5. The van der Waals surface area contributed by atoms with E-state index >= 15 is 0 Å². The van der Waals surface area contributed by atoms with E-state index in [0.29, 0.717) is 11.5 Å². The van der Waals surface area contributed by atoms with Crippen LogP contribution in [0.15, 0.2) is 24.3 Å². The fraction of sp³-hybridized carbons (Fsp3) is 0.500. The highest BCUT2D eigenvalue weighted by molar-refractivity contribution is 7.84. The SMILES string of the molecule is O=C(O)c1cccc(CS(=O)CCN2CCCC2)c1. The number of carboxylic acids is 1. The Kier molecular flexibility index (Phi) is 5.10. The molecule has 104 valence electrons. The van der Waals surface area contributed by atoms with Gasteiger partial charge in [0.15, 0.2) is 0 Å². The van der Waals surface area contributed by atoms with Crippen LogP contribution in [0.4, 0.5) is 0 Å². The van der Waals surface area contributed by atoms with Gasteiger partial charge in [-0.15, -0.1) is 0 Å². The number of hydrogen-bond acceptors (Lipinski definition) is 3. The number of likely N-dealkylation sites (tertiary alicyclic amines) is 1. The summed E-state index contributed by atoms with van der Waals surface area (Å²) in [7, 11) is -0.923. The summed E-state index contributed by atoms with van der Waals surface area (Å²) in [5.41, 5.74) is 1.09. The smallest absolute Gasteiger partial charge is 0.335 e. The fourth-order valence-corrected chi connectivity index (χ4v) is 3.45. The Hall–Kier alpha value is -1.20. The summed E-state index contributed by atoms with van der Waals surface area (Å²) in [5, 5.41) is 8.91. The maximum atomic E-state index is 12.0. The molecule has 1 saturated heterocycles. The van der Waals surface area contributed by atoms with Gasteiger partial charge in [0.25, 0.3) is 0 Å². The predicted molar refractivity (Wildman–Crippen MR) is 75.8 cm³/mol. The maximum Gasteiger partial charge on any atom is 0.335 e. The summed E-state index contributed by atoms with van der Waals surface area (Å²) >= 11 is 0. The van der Waals surface area contributed by atoms with Gasteiger partial charge < -0.3 is 10.0 Å². The number of rotatable bonds is 6. The van der Waals surface area contributed by atoms with Gasteiger partial charge in [0.1, 0.15) is 0 Å². The number of carbonyl (C=O) groups is 1. The van der Waals surface area contributed by atoms with E-state index < -0.39 is 16.8 Å². The van der Waals surface area contributed by atoms with Gasteiger partial charge in [-0.3, -0.25) is 4.21 Å². The monoisotopic (exact) mass is 281 g/mol. The van der Waals surface area contributed by atoms with Crippen molar-refractivity contribution in [3.63, 3.8) is 0 Å². The van der Waals surface area contributed by atoms with Gasteiger partial charge in [0.2, 0.25) is 0 Å². The molecular weight excluding hydrogens is 262 g/mol. The molecule has 1 aliphatic rings. The van der Waals surface area contributed by atoms with Gasteiger partial charge in [-0.05, 0) is 43.6 Å². The molecule has 1 heterocycles. The second-order valence-electron chi connectivity index (χ2n) is 4.84. The third-order valence-corrected chi connectivity index (χ3v) is 4.63. The molecule has 2 rings (SSSR count). The number of benzene rings is 1. The first-order valence-corrected chi connectivity index (χ1v) is 8.03. The Morgan fingerprint density at radius 1 is 1.32 bits per heavy atom. The molecule has 1 atom stereocenters. The minimum Gasteiger partial charge on any atom is -0.478 e. The Balaban J connectivity index is 1.84. The van der Waals surface area contributed by atoms with Gasteiger partial charge in [-0.1, -0.05) is 12.1 Å². The van der Waals surface area contributed by atoms with E-state index in [9.17, 15) is 9.00 Å². The highest BCUT2D eigenvalue weighted by Gasteiger charge is 2.12. The van der Waals surface area contributed by atoms with Crippen LogP contribution in [0.2, 0.25) is 0 Å². The highest BCUT2D eigenvalue weighted by Crippen LogP contribution is 2.10. The van der Waals surface area contributed by atoms with Crippen LogP contribution in [0.1, 0.15) is 28.8 Å². The molecule has 0 aromatic heterocycles. The van der Waals surface area contributed by atoms with Crippen LogP contribution in [0.5, 0.6) is 0 Å². The van der Waals surface area contributed by atoms with E-state index in [1.54, 1.807) is 18.2 Å². The van der Waals surface area contributed by atoms with E-state index in [0.717, 1.165) is 25.2 Å². The summed E-state index contributed by atoms with van der Waals surface area (Å²) in [4.78, 5) is 13.2. The van der Waals surface area contributed by atoms with Crippen molar-refractivity contribution in [2.24, 2.45) is 0 Å². The summed E-state index contributed by atoms with van der Waals surface area (Å²) in [5.74, 6) is 0.163. The van der Waals surface area contributed by atoms with Crippen LogP contribution in [-0.2, 0) is 16.6 Å². The van der Waals surface area contributed by atoms with Crippen molar-refractivity contribution in [2.75, 3.05) is 25.4 Å². The molecule has 1 aromatic rings. The number of nitrogens with zero attached hydrogens (tertiary/aromatic N) is 1. The van der Waals surface area contributed by atoms with Crippen LogP contribution >= 0.6 is 0 Å². The van der Waals surface area contributed by atoms with Crippen molar-refractivity contribution < 1.29 is 14.1 Å². The second-order valence-corrected chi connectivity index (χ2v) is 6.42. The van der Waals surface area contributed by atoms with Crippen LogP contribution in [0.3, 0.4) is 0 Å². The largest absolute Gasteiger partial charge is 0.478 e. The van der Waals surface area contributed by atoms with Crippen LogP contribution in [-0.4, -0.2) is 45.6 Å². The summed E-state index contributed by atoms with van der Waals surface area (Å²) in [6.07, 6.45) is 2.49. The van der Waals surface area contributed by atoms with Crippen molar-refractivity contribution in [1.82, 2.24) is 4.90 Å². The Bertz CT molecular complexity index is 470. The number of hydrogen-bond donors (Lipinski definition) is 1. The van der Waals surface area contributed by atoms with Gasteiger partial charge >= 0.3 is 5.97 Å². The molecule has 4 nitrogen and oxygen atoms in total. The zero-order valence-corrected chi connectivity index (χ0v) is 11.7. The minimum absolute atomic E-state index is 0.258. The lowest BCUT2D eigenvalue weighted by Gasteiger charge is -2.13. The molecule has 0 bridgehead atoms. The third kappa shape index (κ3) is 4.44. The molecule has 0 aliphatic carbocycles. The lowest BCUT2D eigenvalue weighted by atomic mass is 10.1. The first-order valence-electron chi connectivity index (χ1n) is 6.55. The lowest BCUT2D eigenvalue weighted by Crippen LogP contribution is -2.25. The van der Waals surface area contributed by atoms with Crippen molar-refractivity contribution in [3.05, 3.63) is 35.4 Å². The topological polar surface area (TPSA) is 57.6 Å². The lowest BCUT2D eigenvalue weighted by molar-refractivity contribution is 0.0697. The zero-order valence-electron chi connectivity index (χ0n) is 10.9. The molecule has 1 aromatic carbocycles. The van der Waals surface area contributed by atoms with E-state index in [1.165, 1.54) is 12.8 Å². The van der Waals surface area contributed by atoms with Crippen molar-refractivity contribution in [2.45, 2.75) is 18.6 Å². The standard InChI is InChI=1S/C14H19NO3S/c16-14(17)13-5-3-4-12(10-13)11-19(18)9-8-15-6-1-2-7-15/h3-5,10H,1-2,6-9,11H2,(H,16,17). The average molecular weight is 281 g/mol. The molecule has 1 N–H and O–H groups in total. The highest BCUT2D eigenvalue weighted by atomic mass is 32.2. The first-order chi connectivity index (χ1) is 9.15. The minimum atomic E-state index is -0.940. The first kappa shape index (κ1) is 14.2. The molecule has 0 spiro atoms. The van der Waals surface area contributed by atoms with E-state index in [4.69, 9.17) is 5.11 Å². The molecule has 1 unspecified atom stereocenters. The molecule has 0 radical (unpaired) electrons. The molecule has 19 heavy (non-hydrogen) atoms. The molecule has 1 fully saturated rings. The molecule has 1 aliphatic heterocycles. The summed E-state index contributed by atoms with van der Waals surface area (Å²) < 4.78 is 12.0. The Labute approximate surface area is 115 Å². The Morgan fingerprint density at radius 3 is 2.74 bits per heavy atom. The van der Waals surface area contributed by atoms with E-state index in [1.807, 2.05) is 6.07 Å². The van der Waals surface area contributed by atoms with E-state index in [2.05, 4.69) is 4.90 Å². The third-order valence-electron chi connectivity index (χ3n) is 3.34. The molecule has 0 saturated carbocycles. The van der Waals surface area contributed by atoms with Gasteiger partial charge in [-0.2, -0.15) is 0 Å². The molecule has 5 heteroatoms. The fourth-order valence-electron chi connectivity index (χ4n) is 2.29. The number of carboxylic acid groups (broad SMARTS) is 1. The summed E-state index contributed by atoms with van der Waals surface area (Å²) in [6, 6.07) is 6.70. The van der Waals surface area contributed by atoms with Crippen LogP contribution < -0.4 is 0 Å². The van der Waals surface area contributed by atoms with Crippen molar-refractivity contribution in [1.29, 1.82) is 0 Å². The molecule has 0 amide bonds. The average Bonchev–Trinajstić information content (AvgIpc) is 2.90. The predicted octanol–water partition coefficient (Wildman–Crippen LogP) is 1.73. The molecular formula is C14H19NO3S. The zero-order chi connectivity index (χ0) is 13.7. The van der Waals surface area contributed by atoms with Crippen molar-refractivity contribution >= 4 is 16.8 Å². The van der Waals surface area contributed by atoms with Gasteiger partial charge in [-0.25, -0.2) is 4.79 Å². The second kappa shape index (κ2) is 6.82. The van der Waals surface area contributed by atoms with Crippen molar-refractivity contribution in [3.8, 4) is 0 Å². The van der Waals surface area contributed by atoms with Crippen LogP contribution in [0.25, 0.3) is 0 Å². The van der Waals surface area contributed by atoms with Gasteiger partial charge in [0, 0.05) is 28.9 Å². The van der Waals surface area contributed by atoms with Crippen LogP contribution in [0, 0.1) is 0 Å². The maximum absolute atomic E-state index is 12.0. The Morgan fingerprint density at radius 2 is 2.05 bits per heavy atom. The van der Waals surface area contributed by atoms with Gasteiger partial charge in [0.05, 0.1) is 5.56 Å². The van der Waals surface area contributed by atoms with E-state index in [-0.39, 0.29) is 5.56 Å².